The standard InChI is InChI=1S/C15H24BrN3O2S/c1-3-5-10-18-15(17-4-2)19-11-12-22(20,21)14-8-6-13(16)7-9-14/h6-9H,3-5,10-12H2,1-2H3,(H2,17,18,19). The summed E-state index contributed by atoms with van der Waals surface area (Å²) in [7, 11) is -3.28. The van der Waals surface area contributed by atoms with Gasteiger partial charge in [-0.25, -0.2) is 8.42 Å². The van der Waals surface area contributed by atoms with E-state index in [0.29, 0.717) is 17.4 Å². The molecular weight excluding hydrogens is 366 g/mol. The van der Waals surface area contributed by atoms with Crippen LogP contribution < -0.4 is 10.6 Å². The predicted octanol–water partition coefficient (Wildman–Crippen LogP) is 2.58. The number of aliphatic imine (C=N–C) groups is 1. The molecule has 1 rings (SSSR count). The van der Waals surface area contributed by atoms with Crippen molar-refractivity contribution in [2.24, 2.45) is 4.99 Å². The molecule has 1 aromatic rings. The van der Waals surface area contributed by atoms with Crippen molar-refractivity contribution >= 4 is 31.7 Å². The van der Waals surface area contributed by atoms with Gasteiger partial charge in [0.15, 0.2) is 15.8 Å². The molecule has 0 aromatic heterocycles. The molecule has 0 aliphatic carbocycles. The van der Waals surface area contributed by atoms with Gasteiger partial charge < -0.3 is 10.6 Å². The van der Waals surface area contributed by atoms with Gasteiger partial charge in [-0.05, 0) is 37.6 Å². The third-order valence-corrected chi connectivity index (χ3v) is 5.22. The molecule has 0 atom stereocenters. The van der Waals surface area contributed by atoms with Crippen LogP contribution in [0.15, 0.2) is 38.6 Å². The Balaban J connectivity index is 2.56. The minimum absolute atomic E-state index is 0.0345. The first-order valence-corrected chi connectivity index (χ1v) is 9.94. The fraction of sp³-hybridized carbons (Fsp3) is 0.533. The number of halogens is 1. The Kier molecular flexibility index (Phi) is 8.48. The summed E-state index contributed by atoms with van der Waals surface area (Å²) in [4.78, 5) is 4.74. The molecule has 0 spiro atoms. The summed E-state index contributed by atoms with van der Waals surface area (Å²) in [5, 5.41) is 6.18. The van der Waals surface area contributed by atoms with Crippen molar-refractivity contribution in [1.29, 1.82) is 0 Å². The van der Waals surface area contributed by atoms with E-state index in [1.165, 1.54) is 0 Å². The van der Waals surface area contributed by atoms with E-state index >= 15 is 0 Å². The maximum Gasteiger partial charge on any atom is 0.191 e. The Morgan fingerprint density at radius 2 is 1.86 bits per heavy atom. The molecule has 0 fully saturated rings. The van der Waals surface area contributed by atoms with E-state index < -0.39 is 9.84 Å². The van der Waals surface area contributed by atoms with Crippen molar-refractivity contribution in [2.75, 3.05) is 25.4 Å². The molecule has 0 heterocycles. The Morgan fingerprint density at radius 1 is 1.18 bits per heavy atom. The second kappa shape index (κ2) is 9.84. The lowest BCUT2D eigenvalue weighted by atomic mass is 10.3. The third kappa shape index (κ3) is 6.79. The van der Waals surface area contributed by atoms with Crippen LogP contribution in [0.25, 0.3) is 0 Å². The van der Waals surface area contributed by atoms with Gasteiger partial charge in [0.05, 0.1) is 10.6 Å². The molecule has 22 heavy (non-hydrogen) atoms. The molecule has 0 aliphatic heterocycles. The zero-order valence-electron chi connectivity index (χ0n) is 13.1. The average molecular weight is 390 g/mol. The second-order valence-electron chi connectivity index (χ2n) is 4.81. The highest BCUT2D eigenvalue weighted by Gasteiger charge is 2.14. The fourth-order valence-electron chi connectivity index (χ4n) is 1.75. The molecular formula is C15H24BrN3O2S. The molecule has 0 amide bonds. The van der Waals surface area contributed by atoms with Gasteiger partial charge in [-0.15, -0.1) is 0 Å². The number of nitrogens with zero attached hydrogens (tertiary/aromatic N) is 1. The minimum Gasteiger partial charge on any atom is -0.357 e. The zero-order valence-corrected chi connectivity index (χ0v) is 15.5. The lowest BCUT2D eigenvalue weighted by Gasteiger charge is -2.11. The van der Waals surface area contributed by atoms with Crippen LogP contribution in [0.4, 0.5) is 0 Å². The summed E-state index contributed by atoms with van der Waals surface area (Å²) < 4.78 is 25.3. The van der Waals surface area contributed by atoms with Crippen LogP contribution in [0.1, 0.15) is 26.7 Å². The van der Waals surface area contributed by atoms with Crippen molar-refractivity contribution in [3.63, 3.8) is 0 Å². The lowest BCUT2D eigenvalue weighted by molar-refractivity contribution is 0.594. The monoisotopic (exact) mass is 389 g/mol. The fourth-order valence-corrected chi connectivity index (χ4v) is 3.18. The first-order valence-electron chi connectivity index (χ1n) is 7.50. The number of guanidine groups is 1. The summed E-state index contributed by atoms with van der Waals surface area (Å²) in [5.41, 5.74) is 0. The average Bonchev–Trinajstić information content (AvgIpc) is 2.48. The summed E-state index contributed by atoms with van der Waals surface area (Å²) >= 11 is 3.30. The van der Waals surface area contributed by atoms with E-state index in [1.807, 2.05) is 6.92 Å². The van der Waals surface area contributed by atoms with E-state index in [4.69, 9.17) is 0 Å². The van der Waals surface area contributed by atoms with Gasteiger partial charge >= 0.3 is 0 Å². The van der Waals surface area contributed by atoms with Gasteiger partial charge in [0.1, 0.15) is 0 Å². The van der Waals surface area contributed by atoms with Crippen LogP contribution in [0, 0.1) is 0 Å². The van der Waals surface area contributed by atoms with Crippen LogP contribution in [0.3, 0.4) is 0 Å². The molecule has 0 unspecified atom stereocenters. The summed E-state index contributed by atoms with van der Waals surface area (Å²) in [6.45, 7) is 5.91. The SMILES string of the molecule is CCCCN=C(NCC)NCCS(=O)(=O)c1ccc(Br)cc1. The van der Waals surface area contributed by atoms with Gasteiger partial charge in [-0.3, -0.25) is 4.99 Å². The van der Waals surface area contributed by atoms with E-state index in [2.05, 4.69) is 38.5 Å². The third-order valence-electron chi connectivity index (χ3n) is 2.96. The van der Waals surface area contributed by atoms with Crippen molar-refractivity contribution in [3.8, 4) is 0 Å². The number of hydrogen-bond acceptors (Lipinski definition) is 3. The molecule has 0 aliphatic rings. The highest BCUT2D eigenvalue weighted by molar-refractivity contribution is 9.10. The highest BCUT2D eigenvalue weighted by Crippen LogP contribution is 2.15. The number of unbranched alkanes of at least 4 members (excludes halogenated alkanes) is 1. The van der Waals surface area contributed by atoms with Crippen molar-refractivity contribution < 1.29 is 8.42 Å². The molecule has 0 saturated carbocycles. The summed E-state index contributed by atoms with van der Waals surface area (Å²) in [5.74, 6) is 0.703. The van der Waals surface area contributed by atoms with Crippen LogP contribution >= 0.6 is 15.9 Å². The normalized spacial score (nSPS) is 12.2. The smallest absolute Gasteiger partial charge is 0.191 e. The largest absolute Gasteiger partial charge is 0.357 e. The van der Waals surface area contributed by atoms with Gasteiger partial charge in [-0.2, -0.15) is 0 Å². The van der Waals surface area contributed by atoms with E-state index in [0.717, 1.165) is 30.4 Å². The second-order valence-corrected chi connectivity index (χ2v) is 7.84. The molecule has 0 saturated heterocycles. The van der Waals surface area contributed by atoms with E-state index in [-0.39, 0.29) is 5.75 Å². The van der Waals surface area contributed by atoms with E-state index in [9.17, 15) is 8.42 Å². The molecule has 1 aromatic carbocycles. The Bertz CT molecular complexity index is 571. The maximum absolute atomic E-state index is 12.2. The minimum atomic E-state index is -3.28. The summed E-state index contributed by atoms with van der Waals surface area (Å²) in [6, 6.07) is 6.69. The Hall–Kier alpha value is -1.08. The summed E-state index contributed by atoms with van der Waals surface area (Å²) in [6.07, 6.45) is 2.11. The van der Waals surface area contributed by atoms with Crippen LogP contribution in [-0.2, 0) is 9.84 Å². The molecule has 0 bridgehead atoms. The molecule has 5 nitrogen and oxygen atoms in total. The van der Waals surface area contributed by atoms with Crippen molar-refractivity contribution in [3.05, 3.63) is 28.7 Å². The van der Waals surface area contributed by atoms with E-state index in [1.54, 1.807) is 24.3 Å². The quantitative estimate of drug-likeness (QED) is 0.407. The number of rotatable bonds is 8. The number of hydrogen-bond donors (Lipinski definition) is 2. The van der Waals surface area contributed by atoms with Gasteiger partial charge in [0.2, 0.25) is 0 Å². The topological polar surface area (TPSA) is 70.6 Å². The van der Waals surface area contributed by atoms with Crippen molar-refractivity contribution in [1.82, 2.24) is 10.6 Å². The molecule has 7 heteroatoms. The zero-order chi connectivity index (χ0) is 16.4. The van der Waals surface area contributed by atoms with Crippen molar-refractivity contribution in [2.45, 2.75) is 31.6 Å². The van der Waals surface area contributed by atoms with Gasteiger partial charge in [0.25, 0.3) is 0 Å². The Morgan fingerprint density at radius 3 is 2.45 bits per heavy atom. The van der Waals surface area contributed by atoms with Crippen LogP contribution in [0.2, 0.25) is 0 Å². The predicted molar refractivity (Wildman–Crippen MR) is 95.1 cm³/mol. The lowest BCUT2D eigenvalue weighted by Crippen LogP contribution is -2.39. The number of sulfone groups is 1. The Labute approximate surface area is 141 Å². The van der Waals surface area contributed by atoms with Gasteiger partial charge in [0, 0.05) is 24.1 Å². The molecule has 2 N–H and O–H groups in total. The highest BCUT2D eigenvalue weighted by atomic mass is 79.9. The molecule has 124 valence electrons. The number of nitrogens with one attached hydrogen (secondary N) is 2. The van der Waals surface area contributed by atoms with Crippen LogP contribution in [0.5, 0.6) is 0 Å². The van der Waals surface area contributed by atoms with Crippen LogP contribution in [-0.4, -0.2) is 39.8 Å². The number of benzene rings is 1. The first-order chi connectivity index (χ1) is 10.5. The molecule has 0 radical (unpaired) electrons. The maximum atomic E-state index is 12.2. The first kappa shape index (κ1) is 19.0. The van der Waals surface area contributed by atoms with Gasteiger partial charge in [-0.1, -0.05) is 29.3 Å².